The Bertz CT molecular complexity index is 1220. The number of rotatable bonds is 6. The molecule has 2 aromatic carbocycles. The molecule has 35 heavy (non-hydrogen) atoms. The number of anilines is 1. The van der Waals surface area contributed by atoms with E-state index in [9.17, 15) is 13.9 Å². The van der Waals surface area contributed by atoms with Gasteiger partial charge < -0.3 is 19.5 Å². The summed E-state index contributed by atoms with van der Waals surface area (Å²) in [4.78, 5) is 14.0. The van der Waals surface area contributed by atoms with Crippen molar-refractivity contribution in [2.75, 3.05) is 31.6 Å². The van der Waals surface area contributed by atoms with Gasteiger partial charge in [0.05, 0.1) is 18.4 Å². The molecule has 1 fully saturated rings. The Balaban J connectivity index is 1.44. The van der Waals surface area contributed by atoms with Crippen molar-refractivity contribution in [3.05, 3.63) is 64.9 Å². The highest BCUT2D eigenvalue weighted by atomic mass is 19.2. The van der Waals surface area contributed by atoms with Crippen LogP contribution in [0.15, 0.2) is 36.4 Å². The predicted octanol–water partition coefficient (Wildman–Crippen LogP) is 4.81. The molecule has 1 aromatic heterocycles. The maximum atomic E-state index is 13.9. The zero-order valence-electron chi connectivity index (χ0n) is 19.6. The van der Waals surface area contributed by atoms with Crippen LogP contribution in [0.4, 0.5) is 14.7 Å². The van der Waals surface area contributed by atoms with Crippen molar-refractivity contribution in [3.63, 3.8) is 0 Å². The van der Waals surface area contributed by atoms with E-state index in [1.807, 2.05) is 12.1 Å². The standard InChI is InChI=1S/C26H28F2N4O3/c1-34-24-13-17(5-8-23(24)33)15-31-12-9-22-19(16-31)25(35-18-6-7-20(27)21(28)14-18)30-26(29-22)32-10-3-2-4-11-32/h5-8,13-14,33H,2-4,9-12,15-16H2,1H3. The zero-order valence-corrected chi connectivity index (χ0v) is 19.6. The maximum Gasteiger partial charge on any atom is 0.228 e. The number of hydrogen-bond acceptors (Lipinski definition) is 7. The summed E-state index contributed by atoms with van der Waals surface area (Å²) in [5, 5.41) is 9.89. The van der Waals surface area contributed by atoms with Crippen molar-refractivity contribution < 1.29 is 23.4 Å². The molecule has 7 nitrogen and oxygen atoms in total. The molecule has 0 unspecified atom stereocenters. The molecule has 9 heteroatoms. The lowest BCUT2D eigenvalue weighted by Crippen LogP contribution is -2.34. The van der Waals surface area contributed by atoms with Gasteiger partial charge >= 0.3 is 0 Å². The van der Waals surface area contributed by atoms with Gasteiger partial charge in [-0.05, 0) is 49.1 Å². The van der Waals surface area contributed by atoms with Crippen molar-refractivity contribution in [1.29, 1.82) is 0 Å². The largest absolute Gasteiger partial charge is 0.504 e. The molecule has 1 N–H and O–H groups in total. The van der Waals surface area contributed by atoms with E-state index in [-0.39, 0.29) is 11.5 Å². The van der Waals surface area contributed by atoms with Crippen LogP contribution in [0.5, 0.6) is 23.1 Å². The van der Waals surface area contributed by atoms with E-state index < -0.39 is 11.6 Å². The number of fused-ring (bicyclic) bond motifs is 1. The fourth-order valence-electron chi connectivity index (χ4n) is 4.61. The molecule has 0 spiro atoms. The van der Waals surface area contributed by atoms with E-state index in [0.29, 0.717) is 37.1 Å². The molecule has 0 saturated carbocycles. The summed E-state index contributed by atoms with van der Waals surface area (Å²) in [6.45, 7) is 3.74. The molecule has 2 aliphatic heterocycles. The molecule has 0 atom stereocenters. The number of methoxy groups -OCH3 is 1. The van der Waals surface area contributed by atoms with Gasteiger partial charge in [-0.25, -0.2) is 13.8 Å². The summed E-state index contributed by atoms with van der Waals surface area (Å²) in [6, 6.07) is 8.79. The topological polar surface area (TPSA) is 71.0 Å². The summed E-state index contributed by atoms with van der Waals surface area (Å²) >= 11 is 0. The Morgan fingerprint density at radius 3 is 2.57 bits per heavy atom. The lowest BCUT2D eigenvalue weighted by molar-refractivity contribution is 0.237. The third-order valence-electron chi connectivity index (χ3n) is 6.48. The molecular formula is C26H28F2N4O3. The SMILES string of the molecule is COc1cc(CN2CCc3nc(N4CCCCC4)nc(Oc4ccc(F)c(F)c4)c3C2)ccc1O. The first kappa shape index (κ1) is 23.3. The van der Waals surface area contributed by atoms with Crippen LogP contribution in [-0.4, -0.2) is 46.7 Å². The summed E-state index contributed by atoms with van der Waals surface area (Å²) in [5.74, 6) is -0.184. The fourth-order valence-corrected chi connectivity index (χ4v) is 4.61. The van der Waals surface area contributed by atoms with Crippen LogP contribution in [0.1, 0.15) is 36.1 Å². The Labute approximate surface area is 202 Å². The van der Waals surface area contributed by atoms with Crippen molar-refractivity contribution >= 4 is 5.95 Å². The van der Waals surface area contributed by atoms with Crippen LogP contribution in [0.2, 0.25) is 0 Å². The normalized spacial score (nSPS) is 16.1. The van der Waals surface area contributed by atoms with Gasteiger partial charge in [0.1, 0.15) is 5.75 Å². The molecule has 184 valence electrons. The number of halogens is 2. The summed E-state index contributed by atoms with van der Waals surface area (Å²) in [5.41, 5.74) is 2.75. The van der Waals surface area contributed by atoms with Crippen molar-refractivity contribution in [2.24, 2.45) is 0 Å². The quantitative estimate of drug-likeness (QED) is 0.541. The van der Waals surface area contributed by atoms with Gasteiger partial charge in [-0.1, -0.05) is 6.07 Å². The number of aromatic nitrogens is 2. The number of benzene rings is 2. The van der Waals surface area contributed by atoms with Gasteiger partial charge in [-0.15, -0.1) is 0 Å². The van der Waals surface area contributed by atoms with Gasteiger partial charge in [-0.2, -0.15) is 4.98 Å². The van der Waals surface area contributed by atoms with E-state index in [4.69, 9.17) is 19.4 Å². The second-order valence-electron chi connectivity index (χ2n) is 8.95. The van der Waals surface area contributed by atoms with Gasteiger partial charge in [0.2, 0.25) is 11.8 Å². The first-order valence-corrected chi connectivity index (χ1v) is 11.9. The summed E-state index contributed by atoms with van der Waals surface area (Å²) in [7, 11) is 1.52. The van der Waals surface area contributed by atoms with Crippen LogP contribution in [0.3, 0.4) is 0 Å². The molecule has 1 saturated heterocycles. The van der Waals surface area contributed by atoms with E-state index in [1.54, 1.807) is 6.07 Å². The number of phenolic OH excluding ortho intramolecular Hbond substituents is 1. The summed E-state index contributed by atoms with van der Waals surface area (Å²) in [6.07, 6.45) is 4.08. The van der Waals surface area contributed by atoms with Crippen molar-refractivity contribution in [3.8, 4) is 23.1 Å². The second-order valence-corrected chi connectivity index (χ2v) is 8.95. The highest BCUT2D eigenvalue weighted by Crippen LogP contribution is 2.34. The Hall–Kier alpha value is -3.46. The molecule has 0 bridgehead atoms. The first-order valence-electron chi connectivity index (χ1n) is 11.9. The minimum Gasteiger partial charge on any atom is -0.504 e. The third-order valence-corrected chi connectivity index (χ3v) is 6.48. The number of hydrogen-bond donors (Lipinski definition) is 1. The van der Waals surface area contributed by atoms with Gasteiger partial charge in [0.25, 0.3) is 0 Å². The lowest BCUT2D eigenvalue weighted by Gasteiger charge is -2.32. The van der Waals surface area contributed by atoms with Crippen LogP contribution in [-0.2, 0) is 19.5 Å². The van der Waals surface area contributed by atoms with E-state index in [2.05, 4.69) is 9.80 Å². The minimum absolute atomic E-state index is 0.0982. The molecule has 0 radical (unpaired) electrons. The van der Waals surface area contributed by atoms with E-state index in [1.165, 1.54) is 19.6 Å². The predicted molar refractivity (Wildman–Crippen MR) is 127 cm³/mol. The van der Waals surface area contributed by atoms with Crippen LogP contribution in [0, 0.1) is 11.6 Å². The Morgan fingerprint density at radius 1 is 0.971 bits per heavy atom. The van der Waals surface area contributed by atoms with Crippen molar-refractivity contribution in [1.82, 2.24) is 14.9 Å². The second kappa shape index (κ2) is 10.0. The average molecular weight is 483 g/mol. The minimum atomic E-state index is -0.968. The Morgan fingerprint density at radius 2 is 1.80 bits per heavy atom. The number of aromatic hydroxyl groups is 1. The molecule has 3 heterocycles. The van der Waals surface area contributed by atoms with Gasteiger partial charge in [0, 0.05) is 45.2 Å². The number of phenols is 1. The van der Waals surface area contributed by atoms with Gasteiger partial charge in [0.15, 0.2) is 23.1 Å². The molecule has 0 amide bonds. The summed E-state index contributed by atoms with van der Waals surface area (Å²) < 4.78 is 38.6. The monoisotopic (exact) mass is 482 g/mol. The molecule has 3 aromatic rings. The molecule has 5 rings (SSSR count). The fraction of sp³-hybridized carbons (Fsp3) is 0.385. The lowest BCUT2D eigenvalue weighted by atomic mass is 10.1. The maximum absolute atomic E-state index is 13.9. The number of nitrogens with zero attached hydrogens (tertiary/aromatic N) is 4. The number of ether oxygens (including phenoxy) is 2. The zero-order chi connectivity index (χ0) is 24.4. The van der Waals surface area contributed by atoms with Gasteiger partial charge in [-0.3, -0.25) is 4.90 Å². The molecule has 0 aliphatic carbocycles. The van der Waals surface area contributed by atoms with Crippen LogP contribution < -0.4 is 14.4 Å². The average Bonchev–Trinajstić information content (AvgIpc) is 2.88. The van der Waals surface area contributed by atoms with Crippen molar-refractivity contribution in [2.45, 2.75) is 38.8 Å². The highest BCUT2D eigenvalue weighted by Gasteiger charge is 2.26. The molecular weight excluding hydrogens is 454 g/mol. The van der Waals surface area contributed by atoms with E-state index >= 15 is 0 Å². The number of piperidine rings is 1. The Kier molecular flexibility index (Phi) is 6.68. The third kappa shape index (κ3) is 5.14. The molecule has 2 aliphatic rings. The first-order chi connectivity index (χ1) is 17.0. The highest BCUT2D eigenvalue weighted by molar-refractivity contribution is 5.44. The van der Waals surface area contributed by atoms with Crippen LogP contribution in [0.25, 0.3) is 0 Å². The smallest absolute Gasteiger partial charge is 0.228 e. The van der Waals surface area contributed by atoms with E-state index in [0.717, 1.165) is 61.4 Å². The van der Waals surface area contributed by atoms with Crippen LogP contribution >= 0.6 is 0 Å².